The summed E-state index contributed by atoms with van der Waals surface area (Å²) in [6.07, 6.45) is -22.2. The molecule has 0 amide bonds. The summed E-state index contributed by atoms with van der Waals surface area (Å²) in [5, 5.41) is 12.2. The van der Waals surface area contributed by atoms with Gasteiger partial charge in [0.2, 0.25) is 12.4 Å². The summed E-state index contributed by atoms with van der Waals surface area (Å²) in [7, 11) is 1.24. The van der Waals surface area contributed by atoms with E-state index in [-0.39, 0.29) is 19.1 Å². The summed E-state index contributed by atoms with van der Waals surface area (Å²) in [6.45, 7) is 8.39. The van der Waals surface area contributed by atoms with Crippen molar-refractivity contribution in [1.29, 1.82) is 0 Å². The number of nitrogens with zero attached hydrogens (tertiary/aromatic N) is 1. The molecule has 1 aromatic rings. The van der Waals surface area contributed by atoms with E-state index in [0.29, 0.717) is 0 Å². The number of aliphatic hydroxyl groups is 1. The predicted molar refractivity (Wildman–Crippen MR) is 225 cm³/mol. The van der Waals surface area contributed by atoms with Gasteiger partial charge in [-0.05, 0) is 5.56 Å². The summed E-state index contributed by atoms with van der Waals surface area (Å²) in [5.41, 5.74) is 0.786. The van der Waals surface area contributed by atoms with E-state index in [0.717, 1.165) is 61.0 Å². The first-order valence-corrected chi connectivity index (χ1v) is 21.5. The number of hydrogen-bond donors (Lipinski definition) is 1. The fourth-order valence-electron chi connectivity index (χ4n) is 7.54. The van der Waals surface area contributed by atoms with E-state index in [9.17, 15) is 43.5 Å². The fraction of sp³-hybridized carbons (Fsp3) is 0.659. The minimum atomic E-state index is -1.84. The molecule has 3 aliphatic heterocycles. The Balaban J connectivity index is 1.83. The third-order valence-corrected chi connectivity index (χ3v) is 10.1. The maximum Gasteiger partial charge on any atom is 0.303 e. The summed E-state index contributed by atoms with van der Waals surface area (Å²) in [4.78, 5) is 103. The molecular weight excluding hydrogens is 926 g/mol. The van der Waals surface area contributed by atoms with Gasteiger partial charge in [0.15, 0.2) is 49.0 Å². The van der Waals surface area contributed by atoms with E-state index < -0.39 is 153 Å². The van der Waals surface area contributed by atoms with Crippen LogP contribution in [0.1, 0.15) is 67.9 Å². The molecule has 15 atom stereocenters. The van der Waals surface area contributed by atoms with Crippen LogP contribution in [-0.2, 0) is 116 Å². The van der Waals surface area contributed by atoms with Gasteiger partial charge in [-0.25, -0.2) is 4.99 Å². The van der Waals surface area contributed by atoms with E-state index in [1.165, 1.54) is 14.0 Å². The van der Waals surface area contributed by atoms with Crippen LogP contribution in [0.2, 0.25) is 0 Å². The normalized spacial score (nSPS) is 31.2. The maximum absolute atomic E-state index is 12.7. The number of benzene rings is 1. The second-order valence-corrected chi connectivity index (χ2v) is 15.8. The van der Waals surface area contributed by atoms with Gasteiger partial charge in [0.05, 0.1) is 13.2 Å². The molecule has 3 fully saturated rings. The average Bonchev–Trinajstić information content (AvgIpc) is 3.24. The molecule has 0 spiro atoms. The van der Waals surface area contributed by atoms with E-state index in [4.69, 9.17) is 71.1 Å². The van der Waals surface area contributed by atoms with Crippen LogP contribution in [0.25, 0.3) is 0 Å². The number of carbonyl (C=O) groups is 8. The number of rotatable bonds is 19. The van der Waals surface area contributed by atoms with Crippen LogP contribution in [0.15, 0.2) is 35.3 Å². The van der Waals surface area contributed by atoms with Crippen LogP contribution in [0.5, 0.6) is 0 Å². The first-order valence-electron chi connectivity index (χ1n) is 21.5. The van der Waals surface area contributed by atoms with Gasteiger partial charge in [0.1, 0.15) is 49.8 Å². The quantitative estimate of drug-likeness (QED) is 0.0843. The van der Waals surface area contributed by atoms with Crippen molar-refractivity contribution in [2.24, 2.45) is 4.99 Å². The lowest BCUT2D eigenvalue weighted by Gasteiger charge is -2.48. The molecule has 3 heterocycles. The van der Waals surface area contributed by atoms with Crippen molar-refractivity contribution in [3.05, 3.63) is 35.9 Å². The number of methoxy groups -OCH3 is 1. The van der Waals surface area contributed by atoms with Crippen LogP contribution in [0, 0.1) is 0 Å². The average molecular weight is 986 g/mol. The molecule has 1 aromatic carbocycles. The standard InChI is InChI=1S/C44H59NO24/c1-20(59-43-40(64-27(8)52)38(62-25(6)50)35(60-23(4)48)31(67-43)18-57-21(2)46)45-33-37(34(54)30(66-42(33)55-10)17-56-16-29-14-12-11-13-15-29)69-44-41(65-28(9)53)39(63-26(7)51)36(61-24(5)49)32(68-44)19-58-22(3)47/h11-15,30-44,54H,16-19H2,1-10H3/t30-,31-,32-,33-,34-,35-,36+,37-,38+,39+,40+,41-,42-,43+,44+/m1/s1. The summed E-state index contributed by atoms with van der Waals surface area (Å²) in [5.74, 6) is -7.25. The van der Waals surface area contributed by atoms with E-state index in [2.05, 4.69) is 4.99 Å². The molecule has 0 saturated carbocycles. The lowest BCUT2D eigenvalue weighted by molar-refractivity contribution is -0.344. The Morgan fingerprint density at radius 1 is 0.493 bits per heavy atom. The highest BCUT2D eigenvalue weighted by Gasteiger charge is 2.57. The van der Waals surface area contributed by atoms with E-state index in [1.54, 1.807) is 12.1 Å². The zero-order chi connectivity index (χ0) is 51.1. The Labute approximate surface area is 396 Å². The van der Waals surface area contributed by atoms with Gasteiger partial charge < -0.3 is 76.2 Å². The minimum Gasteiger partial charge on any atom is -0.463 e. The van der Waals surface area contributed by atoms with Gasteiger partial charge in [-0.3, -0.25) is 38.4 Å². The molecule has 0 aliphatic carbocycles. The van der Waals surface area contributed by atoms with Gasteiger partial charge in [-0.2, -0.15) is 0 Å². The highest BCUT2D eigenvalue weighted by molar-refractivity contribution is 5.74. The van der Waals surface area contributed by atoms with E-state index in [1.807, 2.05) is 18.2 Å². The lowest BCUT2D eigenvalue weighted by atomic mass is 9.95. The largest absolute Gasteiger partial charge is 0.463 e. The Morgan fingerprint density at radius 2 is 0.913 bits per heavy atom. The smallest absolute Gasteiger partial charge is 0.303 e. The van der Waals surface area contributed by atoms with Crippen molar-refractivity contribution in [3.8, 4) is 0 Å². The van der Waals surface area contributed by atoms with Gasteiger partial charge in [0.25, 0.3) is 0 Å². The molecule has 69 heavy (non-hydrogen) atoms. The zero-order valence-corrected chi connectivity index (χ0v) is 39.7. The van der Waals surface area contributed by atoms with Crippen LogP contribution in [-0.4, -0.2) is 178 Å². The van der Waals surface area contributed by atoms with Crippen molar-refractivity contribution in [2.45, 2.75) is 161 Å². The highest BCUT2D eigenvalue weighted by atomic mass is 16.8. The molecule has 25 heteroatoms. The number of ether oxygens (including phenoxy) is 15. The molecule has 384 valence electrons. The molecular formula is C44H59NO24. The second-order valence-electron chi connectivity index (χ2n) is 15.8. The topological polar surface area (TPSA) is 308 Å². The van der Waals surface area contributed by atoms with Crippen molar-refractivity contribution >= 4 is 53.7 Å². The van der Waals surface area contributed by atoms with Crippen molar-refractivity contribution in [2.75, 3.05) is 26.9 Å². The number of esters is 8. The SMILES string of the molecule is CO[C@@H]1O[C@H](COCc2ccccc2)[C@@H](O)[C@H](O[C@@H]2O[C@H](COC(C)=O)[C@H](OC(C)=O)[C@H](OC(C)=O)[C@H]2OC(C)=O)[C@H]1N=C(C)O[C@H]1O[C@H](COC(C)=O)[C@@H](OC(C)=O)[C@H](OC(C)=O)[C@@H]1OC(C)=O. The second kappa shape index (κ2) is 26.2. The Kier molecular flexibility index (Phi) is 21.2. The van der Waals surface area contributed by atoms with Gasteiger partial charge in [-0.1, -0.05) is 30.3 Å². The van der Waals surface area contributed by atoms with Crippen LogP contribution < -0.4 is 0 Å². The van der Waals surface area contributed by atoms with Crippen LogP contribution in [0.3, 0.4) is 0 Å². The third-order valence-electron chi connectivity index (χ3n) is 10.1. The van der Waals surface area contributed by atoms with Gasteiger partial charge in [-0.15, -0.1) is 0 Å². The van der Waals surface area contributed by atoms with Crippen LogP contribution >= 0.6 is 0 Å². The van der Waals surface area contributed by atoms with Crippen LogP contribution in [0.4, 0.5) is 0 Å². The number of aliphatic imine (C=N–C) groups is 1. The van der Waals surface area contributed by atoms with E-state index >= 15 is 0 Å². The third kappa shape index (κ3) is 16.7. The fourth-order valence-corrected chi connectivity index (χ4v) is 7.54. The summed E-state index contributed by atoms with van der Waals surface area (Å²) < 4.78 is 86.1. The van der Waals surface area contributed by atoms with Crippen molar-refractivity contribution < 1.29 is 115 Å². The monoisotopic (exact) mass is 985 g/mol. The highest BCUT2D eigenvalue weighted by Crippen LogP contribution is 2.36. The first kappa shape index (κ1) is 55.8. The van der Waals surface area contributed by atoms with Crippen molar-refractivity contribution in [3.63, 3.8) is 0 Å². The molecule has 3 saturated heterocycles. The Bertz CT molecular complexity index is 1980. The molecule has 0 unspecified atom stereocenters. The predicted octanol–water partition coefficient (Wildman–Crippen LogP) is 0.290. The zero-order valence-electron chi connectivity index (χ0n) is 39.7. The maximum atomic E-state index is 12.7. The Morgan fingerprint density at radius 3 is 1.36 bits per heavy atom. The Hall–Kier alpha value is -5.83. The summed E-state index contributed by atoms with van der Waals surface area (Å²) in [6, 6.07) is 7.54. The van der Waals surface area contributed by atoms with Gasteiger partial charge in [0, 0.05) is 69.4 Å². The molecule has 0 bridgehead atoms. The number of carbonyl (C=O) groups excluding carboxylic acids is 8. The molecule has 4 rings (SSSR count). The van der Waals surface area contributed by atoms with Gasteiger partial charge >= 0.3 is 47.8 Å². The molecule has 0 aromatic heterocycles. The number of aliphatic hydroxyl groups excluding tert-OH is 1. The minimum absolute atomic E-state index is 0.0841. The molecule has 25 nitrogen and oxygen atoms in total. The van der Waals surface area contributed by atoms with Crippen molar-refractivity contribution in [1.82, 2.24) is 0 Å². The summed E-state index contributed by atoms with van der Waals surface area (Å²) >= 11 is 0. The lowest BCUT2D eigenvalue weighted by Crippen LogP contribution is -2.66. The first-order chi connectivity index (χ1) is 32.6. The molecule has 3 aliphatic rings. The molecule has 0 radical (unpaired) electrons. The number of hydrogen-bond acceptors (Lipinski definition) is 25. The molecule has 1 N–H and O–H groups in total.